The normalized spacial score (nSPS) is 23.9. The summed E-state index contributed by atoms with van der Waals surface area (Å²) < 4.78 is 29.5. The maximum absolute atomic E-state index is 10.3. The summed E-state index contributed by atoms with van der Waals surface area (Å²) in [6.07, 6.45) is 9.53. The van der Waals surface area contributed by atoms with Gasteiger partial charge in [0.15, 0.2) is 0 Å². The first-order chi connectivity index (χ1) is 16.5. The van der Waals surface area contributed by atoms with Gasteiger partial charge in [-0.25, -0.2) is 0 Å². The highest BCUT2D eigenvalue weighted by Crippen LogP contribution is 2.58. The zero-order chi connectivity index (χ0) is 25.0. The number of ether oxygens (including phenoxy) is 6. The molecule has 0 aromatic heterocycles. The molecule has 4 unspecified atom stereocenters. The summed E-state index contributed by atoms with van der Waals surface area (Å²) in [6, 6.07) is 0. The molecule has 0 aliphatic heterocycles. The Labute approximate surface area is 206 Å². The molecule has 0 aromatic rings. The Kier molecular flexibility index (Phi) is 18.1. The summed E-state index contributed by atoms with van der Waals surface area (Å²) in [5.74, 6) is 4.25. The third-order valence-electron chi connectivity index (χ3n) is 6.57. The minimum absolute atomic E-state index is 0.275. The molecule has 4 atom stereocenters. The lowest BCUT2D eigenvalue weighted by Crippen LogP contribution is -2.15. The van der Waals surface area contributed by atoms with Crippen molar-refractivity contribution in [2.24, 2.45) is 23.7 Å². The average Bonchev–Trinajstić information content (AvgIpc) is 3.54. The molecule has 34 heavy (non-hydrogen) atoms. The van der Waals surface area contributed by atoms with E-state index >= 15 is 0 Å². The van der Waals surface area contributed by atoms with Crippen molar-refractivity contribution in [1.29, 1.82) is 0 Å². The highest BCUT2D eigenvalue weighted by molar-refractivity contribution is 5.66. The van der Waals surface area contributed by atoms with Crippen LogP contribution >= 0.6 is 0 Å². The Morgan fingerprint density at radius 2 is 0.971 bits per heavy atom. The predicted octanol–water partition coefficient (Wildman–Crippen LogP) is 4.04. The minimum atomic E-state index is -0.275. The molecule has 3 aliphatic rings. The van der Waals surface area contributed by atoms with Crippen LogP contribution in [0.25, 0.3) is 0 Å². The van der Waals surface area contributed by atoms with E-state index in [1.807, 2.05) is 13.8 Å². The predicted molar refractivity (Wildman–Crippen MR) is 130 cm³/mol. The zero-order valence-corrected chi connectivity index (χ0v) is 21.9. The molecule has 0 heterocycles. The Bertz CT molecular complexity index is 483. The summed E-state index contributed by atoms with van der Waals surface area (Å²) in [5, 5.41) is 0. The first-order valence-corrected chi connectivity index (χ1v) is 13.1. The van der Waals surface area contributed by atoms with Crippen molar-refractivity contribution >= 4 is 11.9 Å². The van der Waals surface area contributed by atoms with Crippen LogP contribution in [0.2, 0.25) is 0 Å². The fraction of sp³-hybridized carbons (Fsp3) is 0.923. The van der Waals surface area contributed by atoms with Gasteiger partial charge in [0.2, 0.25) is 0 Å². The fourth-order valence-corrected chi connectivity index (χ4v) is 5.24. The summed E-state index contributed by atoms with van der Waals surface area (Å²) in [5.41, 5.74) is 0. The summed E-state index contributed by atoms with van der Waals surface area (Å²) in [7, 11) is 0. The molecular formula is C26H48O8. The van der Waals surface area contributed by atoms with Gasteiger partial charge in [0.1, 0.15) is 13.2 Å². The molecule has 0 aromatic carbocycles. The summed E-state index contributed by atoms with van der Waals surface area (Å²) >= 11 is 0. The van der Waals surface area contributed by atoms with Crippen LogP contribution in [0.3, 0.4) is 0 Å². The highest BCUT2D eigenvalue weighted by Gasteiger charge is 2.48. The van der Waals surface area contributed by atoms with Gasteiger partial charge in [-0.05, 0) is 69.6 Å². The molecule has 2 bridgehead atoms. The molecule has 3 saturated carbocycles. The first-order valence-electron chi connectivity index (χ1n) is 13.1. The van der Waals surface area contributed by atoms with E-state index in [0.717, 1.165) is 0 Å². The first kappa shape index (κ1) is 30.8. The second-order valence-corrected chi connectivity index (χ2v) is 8.89. The van der Waals surface area contributed by atoms with Crippen molar-refractivity contribution in [2.45, 2.75) is 66.2 Å². The van der Waals surface area contributed by atoms with E-state index in [4.69, 9.17) is 18.9 Å². The zero-order valence-electron chi connectivity index (χ0n) is 21.9. The van der Waals surface area contributed by atoms with Crippen molar-refractivity contribution in [3.8, 4) is 0 Å². The molecule has 8 nitrogen and oxygen atoms in total. The fourth-order valence-electron chi connectivity index (χ4n) is 5.24. The maximum atomic E-state index is 10.3. The van der Waals surface area contributed by atoms with Crippen molar-refractivity contribution in [3.05, 3.63) is 0 Å². The third kappa shape index (κ3) is 14.2. The lowest BCUT2D eigenvalue weighted by atomic mass is 9.82. The van der Waals surface area contributed by atoms with Crippen LogP contribution in [0.1, 0.15) is 66.2 Å². The molecule has 200 valence electrons. The largest absolute Gasteiger partial charge is 0.463 e. The Morgan fingerprint density at radius 1 is 0.588 bits per heavy atom. The van der Waals surface area contributed by atoms with E-state index in [1.54, 1.807) is 38.5 Å². The standard InChI is InChI=1S/C10H16.2C8H16O4/c1-2-9-7-4-5-8(6-7)10(9)3-1;2*1-3-10-4-5-11-6-7-12-8(2)9/h7-10H,1-6H2;2*3-7H2,1-2H3. The van der Waals surface area contributed by atoms with E-state index in [2.05, 4.69) is 9.47 Å². The molecule has 0 N–H and O–H groups in total. The van der Waals surface area contributed by atoms with E-state index in [0.29, 0.717) is 66.1 Å². The van der Waals surface area contributed by atoms with Gasteiger partial charge in [-0.1, -0.05) is 6.42 Å². The molecule has 3 rings (SSSR count). The Balaban J connectivity index is 0.000000255. The van der Waals surface area contributed by atoms with Gasteiger partial charge in [-0.2, -0.15) is 0 Å². The topological polar surface area (TPSA) is 89.5 Å². The quantitative estimate of drug-likeness (QED) is 0.267. The van der Waals surface area contributed by atoms with Gasteiger partial charge in [0.25, 0.3) is 0 Å². The average molecular weight is 489 g/mol. The second kappa shape index (κ2) is 20.0. The minimum Gasteiger partial charge on any atom is -0.463 e. The second-order valence-electron chi connectivity index (χ2n) is 8.89. The molecule has 8 heteroatoms. The number of hydrogen-bond acceptors (Lipinski definition) is 8. The van der Waals surface area contributed by atoms with Crippen molar-refractivity contribution in [1.82, 2.24) is 0 Å². The number of hydrogen-bond donors (Lipinski definition) is 0. The van der Waals surface area contributed by atoms with E-state index in [1.165, 1.54) is 37.5 Å². The molecule has 0 saturated heterocycles. The molecule has 0 radical (unpaired) electrons. The van der Waals surface area contributed by atoms with Gasteiger partial charge in [-0.15, -0.1) is 0 Å². The number of fused-ring (bicyclic) bond motifs is 5. The maximum Gasteiger partial charge on any atom is 0.302 e. The van der Waals surface area contributed by atoms with Crippen LogP contribution in [-0.4, -0.2) is 78.0 Å². The van der Waals surface area contributed by atoms with Gasteiger partial charge in [0.05, 0.1) is 39.6 Å². The summed E-state index contributed by atoms with van der Waals surface area (Å²) in [4.78, 5) is 20.6. The van der Waals surface area contributed by atoms with Crippen molar-refractivity contribution in [2.75, 3.05) is 66.1 Å². The Morgan fingerprint density at radius 3 is 1.35 bits per heavy atom. The summed E-state index contributed by atoms with van der Waals surface area (Å²) in [6.45, 7) is 11.8. The van der Waals surface area contributed by atoms with Crippen LogP contribution in [0.5, 0.6) is 0 Å². The van der Waals surface area contributed by atoms with E-state index < -0.39 is 0 Å². The SMILES string of the molecule is C1CC2C3CCC(C3)C2C1.CCOCCOCCOC(C)=O.CCOCCOCCOC(C)=O. The lowest BCUT2D eigenvalue weighted by molar-refractivity contribution is -0.143. The number of rotatable bonds is 14. The monoisotopic (exact) mass is 488 g/mol. The van der Waals surface area contributed by atoms with Gasteiger partial charge < -0.3 is 28.4 Å². The number of esters is 2. The Hall–Kier alpha value is -1.22. The molecule has 3 aliphatic carbocycles. The third-order valence-corrected chi connectivity index (χ3v) is 6.57. The van der Waals surface area contributed by atoms with Crippen LogP contribution in [0.4, 0.5) is 0 Å². The number of carbonyl (C=O) groups is 2. The van der Waals surface area contributed by atoms with E-state index in [-0.39, 0.29) is 11.9 Å². The molecular weight excluding hydrogens is 440 g/mol. The van der Waals surface area contributed by atoms with Crippen LogP contribution in [0, 0.1) is 23.7 Å². The van der Waals surface area contributed by atoms with E-state index in [9.17, 15) is 9.59 Å². The van der Waals surface area contributed by atoms with Crippen molar-refractivity contribution < 1.29 is 38.0 Å². The van der Waals surface area contributed by atoms with Crippen LogP contribution in [0.15, 0.2) is 0 Å². The number of carbonyl (C=O) groups excluding carboxylic acids is 2. The van der Waals surface area contributed by atoms with Gasteiger partial charge >= 0.3 is 11.9 Å². The van der Waals surface area contributed by atoms with Crippen LogP contribution < -0.4 is 0 Å². The highest BCUT2D eigenvalue weighted by atomic mass is 16.6. The van der Waals surface area contributed by atoms with Crippen LogP contribution in [-0.2, 0) is 38.0 Å². The van der Waals surface area contributed by atoms with Gasteiger partial charge in [0, 0.05) is 27.1 Å². The smallest absolute Gasteiger partial charge is 0.302 e. The molecule has 3 fully saturated rings. The van der Waals surface area contributed by atoms with Gasteiger partial charge in [-0.3, -0.25) is 9.59 Å². The molecule has 0 amide bonds. The molecule has 0 spiro atoms. The lowest BCUT2D eigenvalue weighted by Gasteiger charge is -2.23. The van der Waals surface area contributed by atoms with Crippen molar-refractivity contribution in [3.63, 3.8) is 0 Å².